The summed E-state index contributed by atoms with van der Waals surface area (Å²) >= 11 is 5.84. The van der Waals surface area contributed by atoms with Gasteiger partial charge in [0.1, 0.15) is 26.1 Å². The minimum absolute atomic E-state index is 0.00440. The van der Waals surface area contributed by atoms with E-state index in [9.17, 15) is 18.4 Å². The highest BCUT2D eigenvalue weighted by Gasteiger charge is 2.37. The molecule has 4 rings (SSSR count). The molecule has 3 aromatic rings. The Kier molecular flexibility index (Phi) is 8.33. The number of hydrogen-bond acceptors (Lipinski definition) is 3. The largest absolute Gasteiger partial charge is 0.359 e. The molecule has 1 N–H and O–H groups in total. The zero-order valence-corrected chi connectivity index (χ0v) is 24.3. The number of nitrogens with zero attached hydrogens (tertiary/aromatic N) is 2. The van der Waals surface area contributed by atoms with Gasteiger partial charge in [-0.25, -0.2) is 8.78 Å². The molecule has 2 heterocycles. The van der Waals surface area contributed by atoms with E-state index in [2.05, 4.69) is 43.0 Å². The second kappa shape index (κ2) is 11.4. The van der Waals surface area contributed by atoms with Crippen molar-refractivity contribution in [3.63, 3.8) is 0 Å². The topological polar surface area (TPSA) is 54.3 Å². The van der Waals surface area contributed by atoms with Crippen LogP contribution in [0.5, 0.6) is 0 Å². The third-order valence-corrected chi connectivity index (χ3v) is 7.81. The highest BCUT2D eigenvalue weighted by molar-refractivity contribution is 6.83. The van der Waals surface area contributed by atoms with Crippen molar-refractivity contribution in [2.75, 3.05) is 6.54 Å². The summed E-state index contributed by atoms with van der Waals surface area (Å²) in [6, 6.07) is 9.55. The molecule has 2 aromatic carbocycles. The maximum atomic E-state index is 14.6. The highest BCUT2D eigenvalue weighted by Crippen LogP contribution is 2.29. The SMILES string of the molecule is C=C(Cn1cc(C(C)=O)c2ccc(C#C[Si](C)(C)C)cc21)N1C[C@H](F)C[C@H]1C(=O)NCc1cccc(Cl)c1F. The molecule has 0 spiro atoms. The van der Waals surface area contributed by atoms with Gasteiger partial charge in [-0.1, -0.05) is 61.9 Å². The van der Waals surface area contributed by atoms with Gasteiger partial charge < -0.3 is 14.8 Å². The molecule has 1 fully saturated rings. The Morgan fingerprint density at radius 2 is 1.97 bits per heavy atom. The lowest BCUT2D eigenvalue weighted by Crippen LogP contribution is -2.43. The first-order valence-electron chi connectivity index (χ1n) is 12.8. The molecule has 204 valence electrons. The molecule has 0 bridgehead atoms. The minimum atomic E-state index is -1.58. The van der Waals surface area contributed by atoms with Gasteiger partial charge in [0.2, 0.25) is 5.91 Å². The molecule has 1 aliphatic rings. The van der Waals surface area contributed by atoms with Crippen LogP contribution in [0.1, 0.15) is 34.8 Å². The monoisotopic (exact) mass is 567 g/mol. The number of ketones is 1. The zero-order chi connectivity index (χ0) is 28.5. The van der Waals surface area contributed by atoms with Crippen LogP contribution < -0.4 is 5.32 Å². The number of aromatic nitrogens is 1. The summed E-state index contributed by atoms with van der Waals surface area (Å²) in [5, 5.41) is 3.48. The molecule has 0 unspecified atom stereocenters. The Morgan fingerprint density at radius 3 is 2.67 bits per heavy atom. The number of Topliss-reactive ketones (excluding diaryl/α,β-unsaturated/α-hetero) is 1. The smallest absolute Gasteiger partial charge is 0.243 e. The van der Waals surface area contributed by atoms with Crippen molar-refractivity contribution in [2.45, 2.75) is 58.3 Å². The molecule has 2 atom stereocenters. The Hall–Kier alpha value is -3.41. The second-order valence-corrected chi connectivity index (χ2v) is 16.1. The van der Waals surface area contributed by atoms with E-state index in [4.69, 9.17) is 11.6 Å². The number of halogens is 3. The third kappa shape index (κ3) is 6.60. The molecule has 1 saturated heterocycles. The fourth-order valence-electron chi connectivity index (χ4n) is 4.70. The lowest BCUT2D eigenvalue weighted by atomic mass is 10.1. The summed E-state index contributed by atoms with van der Waals surface area (Å²) in [7, 11) is -1.58. The summed E-state index contributed by atoms with van der Waals surface area (Å²) in [4.78, 5) is 27.1. The van der Waals surface area contributed by atoms with E-state index in [1.54, 1.807) is 17.2 Å². The first-order chi connectivity index (χ1) is 18.3. The number of hydrogen-bond donors (Lipinski definition) is 1. The van der Waals surface area contributed by atoms with E-state index in [1.165, 1.54) is 19.1 Å². The van der Waals surface area contributed by atoms with Crippen LogP contribution in [-0.2, 0) is 17.9 Å². The van der Waals surface area contributed by atoms with E-state index in [1.807, 2.05) is 22.8 Å². The Bertz CT molecular complexity index is 1520. The van der Waals surface area contributed by atoms with E-state index in [0.29, 0.717) is 11.3 Å². The molecule has 5 nitrogen and oxygen atoms in total. The number of nitrogens with one attached hydrogen (secondary N) is 1. The maximum Gasteiger partial charge on any atom is 0.243 e. The van der Waals surface area contributed by atoms with Crippen molar-refractivity contribution in [1.82, 2.24) is 14.8 Å². The maximum absolute atomic E-state index is 14.6. The van der Waals surface area contributed by atoms with Crippen molar-refractivity contribution >= 4 is 42.3 Å². The first-order valence-corrected chi connectivity index (χ1v) is 16.7. The molecule has 1 amide bonds. The van der Waals surface area contributed by atoms with Gasteiger partial charge in [0.15, 0.2) is 5.78 Å². The van der Waals surface area contributed by atoms with E-state index in [-0.39, 0.29) is 42.4 Å². The second-order valence-electron chi connectivity index (χ2n) is 11.0. The number of benzene rings is 2. The summed E-state index contributed by atoms with van der Waals surface area (Å²) in [6.07, 6.45) is 0.566. The Balaban J connectivity index is 1.57. The molecule has 39 heavy (non-hydrogen) atoms. The fourth-order valence-corrected chi connectivity index (χ4v) is 5.41. The van der Waals surface area contributed by atoms with Crippen molar-refractivity contribution in [1.29, 1.82) is 0 Å². The van der Waals surface area contributed by atoms with E-state index < -0.39 is 32.0 Å². The Morgan fingerprint density at radius 1 is 1.23 bits per heavy atom. The summed E-state index contributed by atoms with van der Waals surface area (Å²) in [5.74, 6) is 2.18. The Labute approximate surface area is 233 Å². The van der Waals surface area contributed by atoms with Crippen LogP contribution >= 0.6 is 11.6 Å². The lowest BCUT2D eigenvalue weighted by molar-refractivity contribution is -0.125. The third-order valence-electron chi connectivity index (χ3n) is 6.64. The van der Waals surface area contributed by atoms with Crippen molar-refractivity contribution < 1.29 is 18.4 Å². The van der Waals surface area contributed by atoms with Crippen molar-refractivity contribution in [3.05, 3.63) is 82.4 Å². The van der Waals surface area contributed by atoms with E-state index in [0.717, 1.165) is 16.5 Å². The van der Waals surface area contributed by atoms with Crippen LogP contribution in [0.25, 0.3) is 10.9 Å². The molecule has 1 aromatic heterocycles. The molecule has 0 saturated carbocycles. The van der Waals surface area contributed by atoms with Gasteiger partial charge in [0.05, 0.1) is 17.1 Å². The number of fused-ring (bicyclic) bond motifs is 1. The molecule has 9 heteroatoms. The average molecular weight is 568 g/mol. The predicted octanol–water partition coefficient (Wildman–Crippen LogP) is 6.11. The van der Waals surface area contributed by atoms with Crippen molar-refractivity contribution in [2.24, 2.45) is 0 Å². The van der Waals surface area contributed by atoms with Gasteiger partial charge in [0.25, 0.3) is 0 Å². The number of carbonyl (C=O) groups excluding carboxylic acids is 2. The van der Waals surface area contributed by atoms with Crippen LogP contribution in [0.15, 0.2) is 54.9 Å². The molecular weight excluding hydrogens is 536 g/mol. The summed E-state index contributed by atoms with van der Waals surface area (Å²) in [6.45, 7) is 12.4. The first kappa shape index (κ1) is 28.6. The number of alkyl halides is 1. The van der Waals surface area contributed by atoms with Gasteiger partial charge in [0, 0.05) is 53.5 Å². The van der Waals surface area contributed by atoms with Gasteiger partial charge in [-0.2, -0.15) is 0 Å². The standard InChI is InChI=1S/C30H32ClF2N3O2Si/c1-19(36-17-23(32)14-28(36)30(38)34-15-22-7-6-8-26(31)29(22)33)16-35-18-25(20(2)37)24-10-9-21(13-27(24)35)11-12-39(3,4)5/h6-10,13,18,23,28H,1,14-17H2,2-5H3,(H,34,38)/t23-,28+/m1/s1. The molecule has 1 aliphatic heterocycles. The number of carbonyl (C=O) groups is 2. The summed E-state index contributed by atoms with van der Waals surface area (Å²) < 4.78 is 30.7. The van der Waals surface area contributed by atoms with Gasteiger partial charge in [-0.15, -0.1) is 5.54 Å². The predicted molar refractivity (Wildman–Crippen MR) is 155 cm³/mol. The van der Waals surface area contributed by atoms with E-state index >= 15 is 0 Å². The van der Waals surface area contributed by atoms with Crippen LogP contribution in [-0.4, -0.2) is 48.0 Å². The van der Waals surface area contributed by atoms with Crippen molar-refractivity contribution in [3.8, 4) is 11.5 Å². The summed E-state index contributed by atoms with van der Waals surface area (Å²) in [5.41, 5.74) is 6.39. The minimum Gasteiger partial charge on any atom is -0.359 e. The highest BCUT2D eigenvalue weighted by atomic mass is 35.5. The van der Waals surface area contributed by atoms with Gasteiger partial charge in [-0.3, -0.25) is 9.59 Å². The quantitative estimate of drug-likeness (QED) is 0.213. The number of likely N-dealkylation sites (tertiary alicyclic amines) is 1. The zero-order valence-electron chi connectivity index (χ0n) is 22.6. The van der Waals surface area contributed by atoms with Crippen LogP contribution in [0.3, 0.4) is 0 Å². The molecule has 0 radical (unpaired) electrons. The van der Waals surface area contributed by atoms with Crippen LogP contribution in [0, 0.1) is 17.3 Å². The number of amides is 1. The molecular formula is C30H32ClF2N3O2Si. The normalized spacial score (nSPS) is 17.2. The van der Waals surface area contributed by atoms with Crippen LogP contribution in [0.2, 0.25) is 24.7 Å². The molecule has 0 aliphatic carbocycles. The van der Waals surface area contributed by atoms with Gasteiger partial charge >= 0.3 is 0 Å². The average Bonchev–Trinajstić information content (AvgIpc) is 3.43. The van der Waals surface area contributed by atoms with Gasteiger partial charge in [-0.05, 0) is 25.1 Å². The number of allylic oxidation sites excluding steroid dienone is 1. The lowest BCUT2D eigenvalue weighted by Gasteiger charge is -2.28. The number of rotatable bonds is 7. The fraction of sp³-hybridized carbons (Fsp3) is 0.333. The van der Waals surface area contributed by atoms with Crippen LogP contribution in [0.4, 0.5) is 8.78 Å².